The fourth-order valence-electron chi connectivity index (χ4n) is 1.96. The van der Waals surface area contributed by atoms with Crippen molar-refractivity contribution < 1.29 is 19.4 Å². The lowest BCUT2D eigenvalue weighted by atomic mass is 9.98. The standard InChI is InChI=1S/C17H25NO4/c1-11(2)13-8-6-7-12(9-13)10-14(15(19)20)18-16(21)22-17(3,4)5/h6-9,11,14H,10H2,1-5H3,(H,18,21)(H,19,20). The lowest BCUT2D eigenvalue weighted by Gasteiger charge is -2.22. The third-order valence-corrected chi connectivity index (χ3v) is 3.05. The zero-order valence-corrected chi connectivity index (χ0v) is 13.8. The van der Waals surface area contributed by atoms with E-state index in [0.29, 0.717) is 5.92 Å². The maximum atomic E-state index is 11.7. The maximum absolute atomic E-state index is 11.7. The van der Waals surface area contributed by atoms with Crippen LogP contribution in [0.25, 0.3) is 0 Å². The predicted molar refractivity (Wildman–Crippen MR) is 85.0 cm³/mol. The number of amides is 1. The minimum Gasteiger partial charge on any atom is -0.480 e. The molecule has 0 bridgehead atoms. The summed E-state index contributed by atoms with van der Waals surface area (Å²) in [5.41, 5.74) is 1.35. The molecule has 0 heterocycles. The van der Waals surface area contributed by atoms with Crippen molar-refractivity contribution in [3.05, 3.63) is 35.4 Å². The highest BCUT2D eigenvalue weighted by Gasteiger charge is 2.24. The van der Waals surface area contributed by atoms with Gasteiger partial charge in [-0.15, -0.1) is 0 Å². The number of hydrogen-bond donors (Lipinski definition) is 2. The van der Waals surface area contributed by atoms with Gasteiger partial charge in [0.05, 0.1) is 0 Å². The largest absolute Gasteiger partial charge is 0.480 e. The number of hydrogen-bond acceptors (Lipinski definition) is 3. The van der Waals surface area contributed by atoms with E-state index in [-0.39, 0.29) is 6.42 Å². The van der Waals surface area contributed by atoms with Crippen LogP contribution in [0.15, 0.2) is 24.3 Å². The monoisotopic (exact) mass is 307 g/mol. The van der Waals surface area contributed by atoms with E-state index in [1.807, 2.05) is 24.3 Å². The lowest BCUT2D eigenvalue weighted by molar-refractivity contribution is -0.139. The number of carbonyl (C=O) groups is 2. The van der Waals surface area contributed by atoms with E-state index in [2.05, 4.69) is 19.2 Å². The third-order valence-electron chi connectivity index (χ3n) is 3.05. The van der Waals surface area contributed by atoms with E-state index in [1.165, 1.54) is 0 Å². The molecule has 0 radical (unpaired) electrons. The van der Waals surface area contributed by atoms with Crippen molar-refractivity contribution in [3.8, 4) is 0 Å². The molecule has 1 unspecified atom stereocenters. The van der Waals surface area contributed by atoms with Crippen LogP contribution in [0.1, 0.15) is 51.7 Å². The molecule has 0 saturated heterocycles. The summed E-state index contributed by atoms with van der Waals surface area (Å²) in [6.07, 6.45) is -0.505. The summed E-state index contributed by atoms with van der Waals surface area (Å²) in [6.45, 7) is 9.34. The molecule has 1 aromatic rings. The van der Waals surface area contributed by atoms with Crippen molar-refractivity contribution in [3.63, 3.8) is 0 Å². The summed E-state index contributed by atoms with van der Waals surface area (Å²) < 4.78 is 5.10. The molecular weight excluding hydrogens is 282 g/mol. The maximum Gasteiger partial charge on any atom is 0.408 e. The fraction of sp³-hybridized carbons (Fsp3) is 0.529. The Morgan fingerprint density at radius 1 is 1.27 bits per heavy atom. The molecule has 1 rings (SSSR count). The van der Waals surface area contributed by atoms with E-state index < -0.39 is 23.7 Å². The van der Waals surface area contributed by atoms with Crippen LogP contribution in [0.2, 0.25) is 0 Å². The van der Waals surface area contributed by atoms with Crippen LogP contribution in [-0.4, -0.2) is 28.8 Å². The number of alkyl carbamates (subject to hydrolysis) is 1. The number of nitrogens with one attached hydrogen (secondary N) is 1. The Kier molecular flexibility index (Phi) is 5.97. The molecule has 1 amide bonds. The van der Waals surface area contributed by atoms with Gasteiger partial charge in [-0.25, -0.2) is 9.59 Å². The van der Waals surface area contributed by atoms with Crippen molar-refractivity contribution in [2.45, 2.75) is 58.6 Å². The Bertz CT molecular complexity index is 532. The van der Waals surface area contributed by atoms with Crippen LogP contribution in [-0.2, 0) is 16.0 Å². The molecule has 1 aromatic carbocycles. The molecule has 22 heavy (non-hydrogen) atoms. The smallest absolute Gasteiger partial charge is 0.408 e. The second-order valence-electron chi connectivity index (χ2n) is 6.64. The van der Waals surface area contributed by atoms with Gasteiger partial charge in [0.2, 0.25) is 0 Å². The first-order valence-electron chi connectivity index (χ1n) is 7.39. The normalized spacial score (nSPS) is 12.8. The minimum atomic E-state index is -1.08. The first-order valence-corrected chi connectivity index (χ1v) is 7.39. The third kappa shape index (κ3) is 6.16. The number of aliphatic carboxylic acids is 1. The van der Waals surface area contributed by atoms with E-state index in [9.17, 15) is 14.7 Å². The summed E-state index contributed by atoms with van der Waals surface area (Å²) in [6, 6.07) is 6.72. The second-order valence-corrected chi connectivity index (χ2v) is 6.64. The average molecular weight is 307 g/mol. The van der Waals surface area contributed by atoms with Crippen LogP contribution in [0, 0.1) is 0 Å². The van der Waals surface area contributed by atoms with Gasteiger partial charge in [0, 0.05) is 6.42 Å². The van der Waals surface area contributed by atoms with Crippen molar-refractivity contribution in [1.29, 1.82) is 0 Å². The average Bonchev–Trinajstić information content (AvgIpc) is 2.35. The molecule has 0 aliphatic rings. The van der Waals surface area contributed by atoms with Crippen LogP contribution < -0.4 is 5.32 Å². The Morgan fingerprint density at radius 3 is 2.41 bits per heavy atom. The Hall–Kier alpha value is -2.04. The summed E-state index contributed by atoms with van der Waals surface area (Å²) in [5, 5.41) is 11.7. The zero-order chi connectivity index (χ0) is 16.9. The van der Waals surface area contributed by atoms with Crippen molar-refractivity contribution in [2.75, 3.05) is 0 Å². The molecule has 0 fully saturated rings. The summed E-state index contributed by atoms with van der Waals surface area (Å²) in [5.74, 6) is -0.720. The molecule has 2 N–H and O–H groups in total. The van der Waals surface area contributed by atoms with Crippen molar-refractivity contribution in [1.82, 2.24) is 5.32 Å². The van der Waals surface area contributed by atoms with Gasteiger partial charge in [-0.05, 0) is 37.8 Å². The number of ether oxygens (including phenoxy) is 1. The van der Waals surface area contributed by atoms with Gasteiger partial charge in [0.15, 0.2) is 0 Å². The highest BCUT2D eigenvalue weighted by molar-refractivity contribution is 5.80. The zero-order valence-electron chi connectivity index (χ0n) is 13.8. The molecule has 122 valence electrons. The van der Waals surface area contributed by atoms with Gasteiger partial charge < -0.3 is 15.2 Å². The molecule has 0 spiro atoms. The lowest BCUT2D eigenvalue weighted by Crippen LogP contribution is -2.44. The van der Waals surface area contributed by atoms with Crippen LogP contribution in [0.5, 0.6) is 0 Å². The van der Waals surface area contributed by atoms with Crippen LogP contribution >= 0.6 is 0 Å². The predicted octanol–water partition coefficient (Wildman–Crippen LogP) is 3.33. The molecule has 0 aromatic heterocycles. The Balaban J connectivity index is 2.79. The minimum absolute atomic E-state index is 0.217. The molecule has 5 nitrogen and oxygen atoms in total. The molecule has 0 aliphatic carbocycles. The van der Waals surface area contributed by atoms with Gasteiger partial charge in [0.1, 0.15) is 11.6 Å². The Morgan fingerprint density at radius 2 is 1.91 bits per heavy atom. The first kappa shape index (κ1) is 18.0. The van der Waals surface area contributed by atoms with Gasteiger partial charge >= 0.3 is 12.1 Å². The van der Waals surface area contributed by atoms with E-state index in [4.69, 9.17) is 4.74 Å². The highest BCUT2D eigenvalue weighted by atomic mass is 16.6. The number of benzene rings is 1. The van der Waals surface area contributed by atoms with E-state index in [1.54, 1.807) is 20.8 Å². The summed E-state index contributed by atoms with van der Waals surface area (Å²) in [4.78, 5) is 23.1. The SMILES string of the molecule is CC(C)c1cccc(CC(NC(=O)OC(C)(C)C)C(=O)O)c1. The topological polar surface area (TPSA) is 75.6 Å². The number of rotatable bonds is 5. The second kappa shape index (κ2) is 7.29. The van der Waals surface area contributed by atoms with Gasteiger partial charge in [-0.1, -0.05) is 38.1 Å². The molecule has 0 aliphatic heterocycles. The molecule has 1 atom stereocenters. The van der Waals surface area contributed by atoms with Crippen LogP contribution in [0.4, 0.5) is 4.79 Å². The highest BCUT2D eigenvalue weighted by Crippen LogP contribution is 2.17. The number of carboxylic acid groups (broad SMARTS) is 1. The number of carboxylic acids is 1. The summed E-state index contributed by atoms with van der Waals surface area (Å²) in [7, 11) is 0. The van der Waals surface area contributed by atoms with Crippen molar-refractivity contribution >= 4 is 12.1 Å². The van der Waals surface area contributed by atoms with E-state index >= 15 is 0 Å². The van der Waals surface area contributed by atoms with Gasteiger partial charge in [-0.2, -0.15) is 0 Å². The van der Waals surface area contributed by atoms with E-state index in [0.717, 1.165) is 11.1 Å². The molecule has 5 heteroatoms. The fourth-order valence-corrected chi connectivity index (χ4v) is 1.96. The van der Waals surface area contributed by atoms with Gasteiger partial charge in [-0.3, -0.25) is 0 Å². The molecular formula is C17H25NO4. The molecule has 0 saturated carbocycles. The quantitative estimate of drug-likeness (QED) is 0.875. The first-order chi connectivity index (χ1) is 10.1. The summed E-state index contributed by atoms with van der Waals surface area (Å²) >= 11 is 0. The van der Waals surface area contributed by atoms with Crippen molar-refractivity contribution in [2.24, 2.45) is 0 Å². The van der Waals surface area contributed by atoms with Gasteiger partial charge in [0.25, 0.3) is 0 Å². The van der Waals surface area contributed by atoms with Crippen LogP contribution in [0.3, 0.4) is 0 Å². The Labute approximate surface area is 131 Å². The number of carbonyl (C=O) groups excluding carboxylic acids is 1.